The van der Waals surface area contributed by atoms with Crippen LogP contribution in [0.5, 0.6) is 0 Å². The predicted octanol–water partition coefficient (Wildman–Crippen LogP) is 3.17. The quantitative estimate of drug-likeness (QED) is 0.851. The van der Waals surface area contributed by atoms with Crippen molar-refractivity contribution < 1.29 is 4.79 Å². The second-order valence-electron chi connectivity index (χ2n) is 5.53. The number of nitrogens with zero attached hydrogens (tertiary/aromatic N) is 3. The summed E-state index contributed by atoms with van der Waals surface area (Å²) in [6.45, 7) is 5.03. The van der Waals surface area contributed by atoms with E-state index in [0.717, 1.165) is 19.4 Å². The molecule has 104 valence electrons. The molecule has 1 amide bonds. The van der Waals surface area contributed by atoms with Crippen LogP contribution in [0.15, 0.2) is 12.1 Å². The van der Waals surface area contributed by atoms with E-state index in [1.807, 2.05) is 4.90 Å². The average molecular weight is 282 g/mol. The Morgan fingerprint density at radius 3 is 2.58 bits per heavy atom. The Hall–Kier alpha value is -1.16. The van der Waals surface area contributed by atoms with Gasteiger partial charge in [0.15, 0.2) is 10.8 Å². The van der Waals surface area contributed by atoms with E-state index < -0.39 is 0 Å². The Kier molecular flexibility index (Phi) is 4.75. The standard InChI is InChI=1S/C14H20ClN3O/c1-10(2)9-18(11-5-3-4-6-11)14(19)12-7-8-13(15)17-16-12/h7-8,10-11H,3-6,9H2,1-2H3. The number of hydrogen-bond acceptors (Lipinski definition) is 3. The van der Waals surface area contributed by atoms with Crippen molar-refractivity contribution in [3.8, 4) is 0 Å². The van der Waals surface area contributed by atoms with E-state index in [1.165, 1.54) is 12.8 Å². The van der Waals surface area contributed by atoms with Crippen LogP contribution in [-0.4, -0.2) is 33.6 Å². The van der Waals surface area contributed by atoms with Crippen LogP contribution in [-0.2, 0) is 0 Å². The van der Waals surface area contributed by atoms with Crippen molar-refractivity contribution in [3.63, 3.8) is 0 Å². The second-order valence-corrected chi connectivity index (χ2v) is 5.92. The molecule has 0 N–H and O–H groups in total. The summed E-state index contributed by atoms with van der Waals surface area (Å²) in [4.78, 5) is 14.5. The normalized spacial score (nSPS) is 16.0. The summed E-state index contributed by atoms with van der Waals surface area (Å²) in [6, 6.07) is 3.62. The number of carbonyl (C=O) groups excluding carboxylic acids is 1. The van der Waals surface area contributed by atoms with Crippen LogP contribution in [0.25, 0.3) is 0 Å². The van der Waals surface area contributed by atoms with Crippen LogP contribution in [0.1, 0.15) is 50.0 Å². The smallest absolute Gasteiger partial charge is 0.274 e. The SMILES string of the molecule is CC(C)CN(C(=O)c1ccc(Cl)nn1)C1CCCC1. The zero-order valence-electron chi connectivity index (χ0n) is 11.5. The first kappa shape index (κ1) is 14.3. The molecule has 0 aliphatic heterocycles. The van der Waals surface area contributed by atoms with Crippen molar-refractivity contribution in [1.29, 1.82) is 0 Å². The molecule has 1 aliphatic rings. The van der Waals surface area contributed by atoms with Crippen LogP contribution in [0.3, 0.4) is 0 Å². The fraction of sp³-hybridized carbons (Fsp3) is 0.643. The Balaban J connectivity index is 2.16. The number of carbonyl (C=O) groups is 1. The molecule has 1 aliphatic carbocycles. The van der Waals surface area contributed by atoms with Gasteiger partial charge in [-0.2, -0.15) is 0 Å². The second kappa shape index (κ2) is 6.33. The molecule has 0 spiro atoms. The van der Waals surface area contributed by atoms with Crippen molar-refractivity contribution in [2.45, 2.75) is 45.6 Å². The third kappa shape index (κ3) is 3.66. The van der Waals surface area contributed by atoms with Gasteiger partial charge in [0, 0.05) is 12.6 Å². The molecule has 19 heavy (non-hydrogen) atoms. The highest BCUT2D eigenvalue weighted by Gasteiger charge is 2.28. The first-order valence-electron chi connectivity index (χ1n) is 6.88. The lowest BCUT2D eigenvalue weighted by Gasteiger charge is -2.30. The summed E-state index contributed by atoms with van der Waals surface area (Å²) in [5, 5.41) is 7.97. The topological polar surface area (TPSA) is 46.1 Å². The highest BCUT2D eigenvalue weighted by molar-refractivity contribution is 6.29. The van der Waals surface area contributed by atoms with Gasteiger partial charge in [-0.05, 0) is 30.9 Å². The van der Waals surface area contributed by atoms with E-state index in [4.69, 9.17) is 11.6 Å². The molecule has 1 fully saturated rings. The summed E-state index contributed by atoms with van der Waals surface area (Å²) < 4.78 is 0. The van der Waals surface area contributed by atoms with Crippen LogP contribution in [0.2, 0.25) is 5.15 Å². The van der Waals surface area contributed by atoms with Gasteiger partial charge in [-0.3, -0.25) is 4.79 Å². The van der Waals surface area contributed by atoms with Crippen molar-refractivity contribution in [2.24, 2.45) is 5.92 Å². The summed E-state index contributed by atoms with van der Waals surface area (Å²) in [5.41, 5.74) is 0.386. The lowest BCUT2D eigenvalue weighted by Crippen LogP contribution is -2.41. The van der Waals surface area contributed by atoms with E-state index in [0.29, 0.717) is 22.8 Å². The van der Waals surface area contributed by atoms with Crippen molar-refractivity contribution in [2.75, 3.05) is 6.54 Å². The predicted molar refractivity (Wildman–Crippen MR) is 75.2 cm³/mol. The minimum atomic E-state index is -0.0234. The summed E-state index contributed by atoms with van der Waals surface area (Å²) in [7, 11) is 0. The molecular weight excluding hydrogens is 262 g/mol. The van der Waals surface area contributed by atoms with Crippen LogP contribution in [0.4, 0.5) is 0 Å². The summed E-state index contributed by atoms with van der Waals surface area (Å²) in [5.74, 6) is 0.426. The van der Waals surface area contributed by atoms with Crippen molar-refractivity contribution in [1.82, 2.24) is 15.1 Å². The van der Waals surface area contributed by atoms with Crippen LogP contribution >= 0.6 is 11.6 Å². The Morgan fingerprint density at radius 1 is 1.37 bits per heavy atom. The minimum Gasteiger partial charge on any atom is -0.334 e. The van der Waals surface area contributed by atoms with E-state index in [2.05, 4.69) is 24.0 Å². The number of aromatic nitrogens is 2. The monoisotopic (exact) mass is 281 g/mol. The van der Waals surface area contributed by atoms with Gasteiger partial charge >= 0.3 is 0 Å². The molecule has 5 heteroatoms. The molecule has 1 aromatic rings. The molecule has 0 atom stereocenters. The van der Waals surface area contributed by atoms with Crippen molar-refractivity contribution >= 4 is 17.5 Å². The van der Waals surface area contributed by atoms with Gasteiger partial charge in [0.2, 0.25) is 0 Å². The molecule has 1 aromatic heterocycles. The third-order valence-corrected chi connectivity index (χ3v) is 3.64. The van der Waals surface area contributed by atoms with E-state index in [9.17, 15) is 4.79 Å². The molecule has 1 saturated carbocycles. The molecule has 1 heterocycles. The molecular formula is C14H20ClN3O. The largest absolute Gasteiger partial charge is 0.334 e. The molecule has 0 aromatic carbocycles. The maximum absolute atomic E-state index is 12.6. The highest BCUT2D eigenvalue weighted by atomic mass is 35.5. The first-order valence-corrected chi connectivity index (χ1v) is 7.26. The highest BCUT2D eigenvalue weighted by Crippen LogP contribution is 2.25. The van der Waals surface area contributed by atoms with Crippen molar-refractivity contribution in [3.05, 3.63) is 23.0 Å². The molecule has 2 rings (SSSR count). The summed E-state index contributed by atoms with van der Waals surface area (Å²) >= 11 is 5.71. The van der Waals surface area contributed by atoms with E-state index in [1.54, 1.807) is 12.1 Å². The van der Waals surface area contributed by atoms with E-state index in [-0.39, 0.29) is 5.91 Å². The molecule has 0 bridgehead atoms. The molecule has 0 unspecified atom stereocenters. The lowest BCUT2D eigenvalue weighted by atomic mass is 10.1. The van der Waals surface area contributed by atoms with Gasteiger partial charge in [-0.15, -0.1) is 10.2 Å². The van der Waals surface area contributed by atoms with Gasteiger partial charge in [0.1, 0.15) is 0 Å². The maximum Gasteiger partial charge on any atom is 0.274 e. The fourth-order valence-electron chi connectivity index (χ4n) is 2.58. The van der Waals surface area contributed by atoms with Gasteiger partial charge < -0.3 is 4.90 Å². The van der Waals surface area contributed by atoms with Crippen LogP contribution in [0, 0.1) is 5.92 Å². The van der Waals surface area contributed by atoms with Crippen LogP contribution < -0.4 is 0 Å². The molecule has 0 saturated heterocycles. The average Bonchev–Trinajstić information content (AvgIpc) is 2.89. The first-order chi connectivity index (χ1) is 9.08. The Bertz CT molecular complexity index is 427. The van der Waals surface area contributed by atoms with Gasteiger partial charge in [-0.25, -0.2) is 0 Å². The fourth-order valence-corrected chi connectivity index (χ4v) is 2.69. The minimum absolute atomic E-state index is 0.0234. The van der Waals surface area contributed by atoms with Gasteiger partial charge in [0.25, 0.3) is 5.91 Å². The lowest BCUT2D eigenvalue weighted by molar-refractivity contribution is 0.0648. The third-order valence-electron chi connectivity index (χ3n) is 3.44. The number of halogens is 1. The van der Waals surface area contributed by atoms with Gasteiger partial charge in [0.05, 0.1) is 0 Å². The zero-order valence-corrected chi connectivity index (χ0v) is 12.2. The Labute approximate surface area is 119 Å². The number of hydrogen-bond donors (Lipinski definition) is 0. The summed E-state index contributed by atoms with van der Waals surface area (Å²) in [6.07, 6.45) is 4.61. The maximum atomic E-state index is 12.6. The van der Waals surface area contributed by atoms with E-state index >= 15 is 0 Å². The molecule has 4 nitrogen and oxygen atoms in total. The zero-order chi connectivity index (χ0) is 13.8. The number of rotatable bonds is 4. The van der Waals surface area contributed by atoms with Gasteiger partial charge in [-0.1, -0.05) is 38.3 Å². The Morgan fingerprint density at radius 2 is 2.05 bits per heavy atom. The number of amides is 1. The molecule has 0 radical (unpaired) electrons.